The van der Waals surface area contributed by atoms with E-state index in [1.807, 2.05) is 7.05 Å². The zero-order chi connectivity index (χ0) is 6.97. The van der Waals surface area contributed by atoms with Gasteiger partial charge in [-0.1, -0.05) is 0 Å². The van der Waals surface area contributed by atoms with Gasteiger partial charge in [0.05, 0.1) is 6.61 Å². The minimum Gasteiger partial charge on any atom is -0.660 e. The Morgan fingerprint density at radius 2 is 2.30 bits per heavy atom. The van der Waals surface area contributed by atoms with Crippen LogP contribution in [0.3, 0.4) is 0 Å². The summed E-state index contributed by atoms with van der Waals surface area (Å²) in [5.74, 6) is 0.546. The molecular weight excluding hydrogens is 130 g/mol. The average Bonchev–Trinajstić information content (AvgIpc) is 2.44. The van der Waals surface area contributed by atoms with E-state index in [0.29, 0.717) is 12.0 Å². The summed E-state index contributed by atoms with van der Waals surface area (Å²) in [5, 5.41) is 4.23. The highest BCUT2D eigenvalue weighted by Gasteiger charge is 2.36. The van der Waals surface area contributed by atoms with Crippen LogP contribution in [0.4, 0.5) is 0 Å². The number of hydrogen-bond donors (Lipinski definition) is 0. The van der Waals surface area contributed by atoms with Crippen LogP contribution in [-0.2, 0) is 9.47 Å². The summed E-state index contributed by atoms with van der Waals surface area (Å²) >= 11 is 0. The third-order valence-electron chi connectivity index (χ3n) is 2.34. The average molecular weight is 142 g/mol. The zero-order valence-electron chi connectivity index (χ0n) is 6.12. The van der Waals surface area contributed by atoms with E-state index in [2.05, 4.69) is 5.32 Å². The van der Waals surface area contributed by atoms with Crippen LogP contribution in [0.2, 0.25) is 0 Å². The number of rotatable bonds is 1. The molecule has 2 aliphatic heterocycles. The van der Waals surface area contributed by atoms with Gasteiger partial charge in [-0.15, -0.1) is 6.04 Å². The highest BCUT2D eigenvalue weighted by atomic mass is 16.7. The summed E-state index contributed by atoms with van der Waals surface area (Å²) < 4.78 is 10.7. The maximum absolute atomic E-state index is 5.36. The van der Waals surface area contributed by atoms with Crippen LogP contribution in [0, 0.1) is 5.92 Å². The molecule has 0 aromatic rings. The molecule has 10 heavy (non-hydrogen) atoms. The summed E-state index contributed by atoms with van der Waals surface area (Å²) in [7, 11) is 1.86. The quantitative estimate of drug-likeness (QED) is 0.541. The van der Waals surface area contributed by atoms with Gasteiger partial charge in [0.1, 0.15) is 0 Å². The van der Waals surface area contributed by atoms with Gasteiger partial charge in [0.2, 0.25) is 0 Å². The van der Waals surface area contributed by atoms with E-state index >= 15 is 0 Å². The summed E-state index contributed by atoms with van der Waals surface area (Å²) in [6, 6.07) is 0.396. The van der Waals surface area contributed by atoms with Crippen LogP contribution in [0.5, 0.6) is 0 Å². The lowest BCUT2D eigenvalue weighted by Crippen LogP contribution is -2.18. The fourth-order valence-corrected chi connectivity index (χ4v) is 1.71. The van der Waals surface area contributed by atoms with Crippen molar-refractivity contribution in [2.45, 2.75) is 18.8 Å². The van der Waals surface area contributed by atoms with E-state index in [4.69, 9.17) is 9.47 Å². The van der Waals surface area contributed by atoms with Crippen molar-refractivity contribution in [3.8, 4) is 0 Å². The minimum absolute atomic E-state index is 0.0636. The van der Waals surface area contributed by atoms with E-state index in [-0.39, 0.29) is 6.29 Å². The van der Waals surface area contributed by atoms with Gasteiger partial charge in [-0.3, -0.25) is 0 Å². The second kappa shape index (κ2) is 2.49. The molecule has 3 nitrogen and oxygen atoms in total. The molecule has 58 valence electrons. The number of fused-ring (bicyclic) bond motifs is 1. The van der Waals surface area contributed by atoms with E-state index < -0.39 is 0 Å². The SMILES string of the molecule is C[N-]C1COC2OCCC12. The van der Waals surface area contributed by atoms with E-state index in [1.165, 1.54) is 0 Å². The third kappa shape index (κ3) is 0.856. The van der Waals surface area contributed by atoms with Crippen LogP contribution in [0.15, 0.2) is 0 Å². The lowest BCUT2D eigenvalue weighted by atomic mass is 10.0. The fourth-order valence-electron chi connectivity index (χ4n) is 1.71. The zero-order valence-corrected chi connectivity index (χ0v) is 6.12. The lowest BCUT2D eigenvalue weighted by molar-refractivity contribution is -0.0904. The molecule has 0 saturated carbocycles. The molecule has 0 N–H and O–H groups in total. The molecule has 0 aromatic heterocycles. The maximum Gasteiger partial charge on any atom is 0.159 e. The van der Waals surface area contributed by atoms with Crippen molar-refractivity contribution in [1.29, 1.82) is 0 Å². The molecule has 2 rings (SSSR count). The molecule has 0 bridgehead atoms. The van der Waals surface area contributed by atoms with Gasteiger partial charge < -0.3 is 14.8 Å². The molecule has 3 unspecified atom stereocenters. The number of hydrogen-bond acceptors (Lipinski definition) is 2. The molecule has 0 spiro atoms. The highest BCUT2D eigenvalue weighted by Crippen LogP contribution is 2.33. The molecular formula is C7H12NO2-. The van der Waals surface area contributed by atoms with Crippen molar-refractivity contribution in [2.75, 3.05) is 20.3 Å². The topological polar surface area (TPSA) is 32.6 Å². The Labute approximate surface area is 60.7 Å². The van der Waals surface area contributed by atoms with E-state index in [9.17, 15) is 0 Å². The van der Waals surface area contributed by atoms with Crippen molar-refractivity contribution in [3.63, 3.8) is 0 Å². The van der Waals surface area contributed by atoms with E-state index in [0.717, 1.165) is 19.6 Å². The summed E-state index contributed by atoms with van der Waals surface area (Å²) in [6.07, 6.45) is 1.18. The van der Waals surface area contributed by atoms with Crippen molar-refractivity contribution < 1.29 is 9.47 Å². The van der Waals surface area contributed by atoms with Gasteiger partial charge in [0, 0.05) is 6.61 Å². The van der Waals surface area contributed by atoms with Crippen molar-refractivity contribution in [1.82, 2.24) is 0 Å². The van der Waals surface area contributed by atoms with Gasteiger partial charge in [0.25, 0.3) is 0 Å². The van der Waals surface area contributed by atoms with Crippen LogP contribution >= 0.6 is 0 Å². The predicted molar refractivity (Wildman–Crippen MR) is 36.9 cm³/mol. The lowest BCUT2D eigenvalue weighted by Gasteiger charge is -2.25. The Balaban J connectivity index is 2.01. The largest absolute Gasteiger partial charge is 0.660 e. The van der Waals surface area contributed by atoms with Crippen LogP contribution in [0.1, 0.15) is 6.42 Å². The number of ether oxygens (including phenoxy) is 2. The molecule has 0 radical (unpaired) electrons. The molecule has 2 heterocycles. The third-order valence-corrected chi connectivity index (χ3v) is 2.34. The van der Waals surface area contributed by atoms with Crippen molar-refractivity contribution >= 4 is 0 Å². The Bertz CT molecular complexity index is 129. The van der Waals surface area contributed by atoms with Crippen LogP contribution < -0.4 is 0 Å². The van der Waals surface area contributed by atoms with Crippen molar-refractivity contribution in [2.24, 2.45) is 5.92 Å². The Hall–Kier alpha value is -0.120. The molecule has 0 aromatic carbocycles. The van der Waals surface area contributed by atoms with Crippen LogP contribution in [0.25, 0.3) is 5.32 Å². The molecule has 2 fully saturated rings. The monoisotopic (exact) mass is 142 g/mol. The Morgan fingerprint density at radius 3 is 3.10 bits per heavy atom. The van der Waals surface area contributed by atoms with Crippen LogP contribution in [-0.4, -0.2) is 32.6 Å². The fraction of sp³-hybridized carbons (Fsp3) is 1.00. The first-order chi connectivity index (χ1) is 4.92. The summed E-state index contributed by atoms with van der Waals surface area (Å²) in [5.41, 5.74) is 0. The summed E-state index contributed by atoms with van der Waals surface area (Å²) in [6.45, 7) is 1.60. The minimum atomic E-state index is 0.0636. The maximum atomic E-state index is 5.36. The first-order valence-corrected chi connectivity index (χ1v) is 3.74. The first-order valence-electron chi connectivity index (χ1n) is 3.74. The highest BCUT2D eigenvalue weighted by molar-refractivity contribution is 4.98. The van der Waals surface area contributed by atoms with Gasteiger partial charge in [-0.05, 0) is 12.3 Å². The standard InChI is InChI=1S/C7H12NO2/c1-8-6-4-10-7-5(6)2-3-9-7/h5-7H,2-4H2,1H3/q-1. The van der Waals surface area contributed by atoms with Crippen molar-refractivity contribution in [3.05, 3.63) is 5.32 Å². The number of nitrogens with zero attached hydrogens (tertiary/aromatic N) is 1. The normalized spacial score (nSPS) is 45.9. The molecule has 3 atom stereocenters. The first kappa shape index (κ1) is 6.58. The Morgan fingerprint density at radius 1 is 1.40 bits per heavy atom. The molecule has 0 aliphatic carbocycles. The summed E-state index contributed by atoms with van der Waals surface area (Å²) in [4.78, 5) is 0. The predicted octanol–water partition coefficient (Wildman–Crippen LogP) is 0.751. The second-order valence-corrected chi connectivity index (χ2v) is 2.85. The Kier molecular flexibility index (Phi) is 1.64. The van der Waals surface area contributed by atoms with Gasteiger partial charge in [0.15, 0.2) is 6.29 Å². The second-order valence-electron chi connectivity index (χ2n) is 2.85. The smallest absolute Gasteiger partial charge is 0.159 e. The van der Waals surface area contributed by atoms with Gasteiger partial charge in [-0.25, -0.2) is 0 Å². The molecule has 3 heteroatoms. The number of likely N-dealkylation sites (N-methyl/N-ethyl adjacent to an activating group) is 1. The van der Waals surface area contributed by atoms with E-state index in [1.54, 1.807) is 0 Å². The molecule has 2 aliphatic rings. The van der Waals surface area contributed by atoms with Gasteiger partial charge >= 0.3 is 0 Å². The van der Waals surface area contributed by atoms with Gasteiger partial charge in [-0.2, -0.15) is 7.05 Å². The molecule has 2 saturated heterocycles. The molecule has 0 amide bonds.